The second kappa shape index (κ2) is 11.8. The summed E-state index contributed by atoms with van der Waals surface area (Å²) in [7, 11) is 1.49. The molecule has 1 aliphatic heterocycles. The van der Waals surface area contributed by atoms with Crippen molar-refractivity contribution in [3.63, 3.8) is 0 Å². The van der Waals surface area contributed by atoms with E-state index in [0.29, 0.717) is 34.2 Å². The number of benzene rings is 4. The van der Waals surface area contributed by atoms with Crippen LogP contribution in [-0.2, 0) is 16.2 Å². The highest BCUT2D eigenvalue weighted by Gasteiger charge is 2.34. The molecule has 4 aromatic rings. The second-order valence-electron chi connectivity index (χ2n) is 8.69. The topological polar surface area (TPSA) is 77.1 Å². The lowest BCUT2D eigenvalue weighted by atomic mass is 10.1. The highest BCUT2D eigenvalue weighted by atomic mass is 32.1. The highest BCUT2D eigenvalue weighted by molar-refractivity contribution is 7.80. The molecule has 200 valence electrons. The predicted molar refractivity (Wildman–Crippen MR) is 153 cm³/mol. The first-order chi connectivity index (χ1) is 19.4. The molecule has 0 unspecified atom stereocenters. The van der Waals surface area contributed by atoms with Crippen molar-refractivity contribution in [3.8, 4) is 23.0 Å². The number of hydrogen-bond donors (Lipinski definition) is 1. The van der Waals surface area contributed by atoms with Crippen molar-refractivity contribution in [1.29, 1.82) is 0 Å². The van der Waals surface area contributed by atoms with Gasteiger partial charge in [0.2, 0.25) is 0 Å². The van der Waals surface area contributed by atoms with Gasteiger partial charge in [-0.1, -0.05) is 36.4 Å². The molecule has 4 aromatic carbocycles. The summed E-state index contributed by atoms with van der Waals surface area (Å²) in [6, 6.07) is 27.1. The molecule has 7 nitrogen and oxygen atoms in total. The van der Waals surface area contributed by atoms with Gasteiger partial charge in [0, 0.05) is 0 Å². The van der Waals surface area contributed by atoms with E-state index in [2.05, 4.69) is 5.32 Å². The summed E-state index contributed by atoms with van der Waals surface area (Å²) < 4.78 is 30.3. The molecule has 0 bridgehead atoms. The number of halogens is 1. The predicted octanol–water partition coefficient (Wildman–Crippen LogP) is 6.04. The van der Waals surface area contributed by atoms with Gasteiger partial charge in [-0.25, -0.2) is 4.39 Å². The molecule has 0 spiro atoms. The summed E-state index contributed by atoms with van der Waals surface area (Å²) in [5.74, 6) is 0.620. The minimum absolute atomic E-state index is 0.0222. The van der Waals surface area contributed by atoms with Crippen molar-refractivity contribution in [1.82, 2.24) is 5.32 Å². The average molecular weight is 555 g/mol. The number of amides is 2. The van der Waals surface area contributed by atoms with Crippen molar-refractivity contribution < 1.29 is 28.2 Å². The number of anilines is 1. The molecular formula is C31H23FN2O5S. The third-order valence-corrected chi connectivity index (χ3v) is 6.27. The van der Waals surface area contributed by atoms with Crippen LogP contribution in [0.25, 0.3) is 6.08 Å². The van der Waals surface area contributed by atoms with E-state index in [1.807, 2.05) is 30.3 Å². The van der Waals surface area contributed by atoms with Crippen LogP contribution in [0.1, 0.15) is 11.1 Å². The number of ether oxygens (including phenoxy) is 3. The molecule has 1 fully saturated rings. The number of para-hydroxylation sites is 1. The van der Waals surface area contributed by atoms with E-state index in [9.17, 15) is 14.0 Å². The van der Waals surface area contributed by atoms with Crippen LogP contribution in [0.3, 0.4) is 0 Å². The highest BCUT2D eigenvalue weighted by Crippen LogP contribution is 2.31. The van der Waals surface area contributed by atoms with Gasteiger partial charge < -0.3 is 14.2 Å². The van der Waals surface area contributed by atoms with E-state index in [1.54, 1.807) is 54.6 Å². The zero-order valence-corrected chi connectivity index (χ0v) is 22.1. The number of carbonyl (C=O) groups excluding carboxylic acids is 2. The number of rotatable bonds is 8. The van der Waals surface area contributed by atoms with Crippen LogP contribution < -0.4 is 24.4 Å². The zero-order chi connectivity index (χ0) is 28.1. The monoisotopic (exact) mass is 554 g/mol. The summed E-state index contributed by atoms with van der Waals surface area (Å²) in [6.45, 7) is 0.208. The number of methoxy groups -OCH3 is 1. The van der Waals surface area contributed by atoms with Crippen LogP contribution in [0.5, 0.6) is 23.0 Å². The third kappa shape index (κ3) is 6.00. The van der Waals surface area contributed by atoms with Crippen LogP contribution in [0.4, 0.5) is 10.1 Å². The maximum atomic E-state index is 13.4. The summed E-state index contributed by atoms with van der Waals surface area (Å²) in [5, 5.41) is 2.56. The molecule has 0 radical (unpaired) electrons. The van der Waals surface area contributed by atoms with Gasteiger partial charge in [0.25, 0.3) is 11.8 Å². The molecule has 9 heteroatoms. The largest absolute Gasteiger partial charge is 0.493 e. The fourth-order valence-corrected chi connectivity index (χ4v) is 4.26. The molecule has 0 aromatic heterocycles. The van der Waals surface area contributed by atoms with E-state index in [0.717, 1.165) is 5.56 Å². The van der Waals surface area contributed by atoms with Crippen molar-refractivity contribution in [2.45, 2.75) is 6.61 Å². The zero-order valence-electron chi connectivity index (χ0n) is 21.3. The Hall–Kier alpha value is -5.02. The molecule has 0 saturated carbocycles. The van der Waals surface area contributed by atoms with E-state index < -0.39 is 11.8 Å². The fourth-order valence-electron chi connectivity index (χ4n) is 3.98. The number of carbonyl (C=O) groups is 2. The molecule has 2 amide bonds. The molecule has 1 aliphatic rings. The van der Waals surface area contributed by atoms with Gasteiger partial charge in [-0.3, -0.25) is 19.8 Å². The Morgan fingerprint density at radius 2 is 1.57 bits per heavy atom. The Labute approximate surface area is 235 Å². The molecule has 0 atom stereocenters. The first-order valence-electron chi connectivity index (χ1n) is 12.2. The van der Waals surface area contributed by atoms with Crippen LogP contribution in [0.15, 0.2) is 103 Å². The summed E-state index contributed by atoms with van der Waals surface area (Å²) in [5.41, 5.74) is 1.71. The van der Waals surface area contributed by atoms with Crippen LogP contribution in [-0.4, -0.2) is 24.0 Å². The van der Waals surface area contributed by atoms with Gasteiger partial charge in [-0.15, -0.1) is 0 Å². The van der Waals surface area contributed by atoms with Crippen molar-refractivity contribution in [2.75, 3.05) is 12.0 Å². The lowest BCUT2D eigenvalue weighted by Crippen LogP contribution is -2.54. The van der Waals surface area contributed by atoms with Gasteiger partial charge in [0.1, 0.15) is 29.5 Å². The van der Waals surface area contributed by atoms with Gasteiger partial charge in [0.05, 0.1) is 12.8 Å². The number of nitrogens with one attached hydrogen (secondary N) is 1. The Balaban J connectivity index is 1.34. The Bertz CT molecular complexity index is 1590. The van der Waals surface area contributed by atoms with Gasteiger partial charge in [-0.2, -0.15) is 0 Å². The van der Waals surface area contributed by atoms with Gasteiger partial charge in [0.15, 0.2) is 16.6 Å². The van der Waals surface area contributed by atoms with E-state index in [4.69, 9.17) is 26.4 Å². The summed E-state index contributed by atoms with van der Waals surface area (Å²) in [4.78, 5) is 27.4. The molecule has 40 heavy (non-hydrogen) atoms. The maximum Gasteiger partial charge on any atom is 0.270 e. The van der Waals surface area contributed by atoms with E-state index >= 15 is 0 Å². The van der Waals surface area contributed by atoms with Crippen molar-refractivity contribution >= 4 is 40.9 Å². The average Bonchev–Trinajstić information content (AvgIpc) is 2.96. The standard InChI is InChI=1S/C31H23FN2O5S/c1-37-28-18-21(9-16-27(28)38-19-20-7-10-22(32)11-8-20)17-26-29(35)33-31(40)34(30(26)36)23-12-14-25(15-13-23)39-24-5-3-2-4-6-24/h2-18H,19H2,1H3,(H,33,35,40). The minimum Gasteiger partial charge on any atom is -0.493 e. The first kappa shape index (κ1) is 26.6. The fraction of sp³-hybridized carbons (Fsp3) is 0.0645. The van der Waals surface area contributed by atoms with Gasteiger partial charge >= 0.3 is 0 Å². The molecule has 1 saturated heterocycles. The van der Waals surface area contributed by atoms with Gasteiger partial charge in [-0.05, 0) is 90.1 Å². The molecule has 0 aliphatic carbocycles. The molecule has 5 rings (SSSR count). The first-order valence-corrected chi connectivity index (χ1v) is 12.6. The lowest BCUT2D eigenvalue weighted by Gasteiger charge is -2.29. The number of thiocarbonyl (C=S) groups is 1. The smallest absolute Gasteiger partial charge is 0.270 e. The molecule has 1 N–H and O–H groups in total. The van der Waals surface area contributed by atoms with Crippen molar-refractivity contribution in [2.24, 2.45) is 0 Å². The SMILES string of the molecule is COc1cc(C=C2C(=O)NC(=S)N(c3ccc(Oc4ccccc4)cc3)C2=O)ccc1OCc1ccc(F)cc1. The second-order valence-corrected chi connectivity index (χ2v) is 9.08. The summed E-state index contributed by atoms with van der Waals surface area (Å²) >= 11 is 5.31. The Kier molecular flexibility index (Phi) is 7.84. The number of nitrogens with zero attached hydrogens (tertiary/aromatic N) is 1. The molecular weight excluding hydrogens is 531 g/mol. The third-order valence-electron chi connectivity index (χ3n) is 5.98. The maximum absolute atomic E-state index is 13.4. The normalized spacial score (nSPS) is 14.2. The Morgan fingerprint density at radius 1 is 0.875 bits per heavy atom. The minimum atomic E-state index is -0.606. The Morgan fingerprint density at radius 3 is 2.27 bits per heavy atom. The molecule has 1 heterocycles. The van der Waals surface area contributed by atoms with Crippen LogP contribution >= 0.6 is 12.2 Å². The number of hydrogen-bond acceptors (Lipinski definition) is 6. The van der Waals surface area contributed by atoms with E-state index in [-0.39, 0.29) is 23.1 Å². The van der Waals surface area contributed by atoms with Crippen LogP contribution in [0.2, 0.25) is 0 Å². The quantitative estimate of drug-likeness (QED) is 0.163. The van der Waals surface area contributed by atoms with E-state index in [1.165, 1.54) is 30.2 Å². The summed E-state index contributed by atoms with van der Waals surface area (Å²) in [6.07, 6.45) is 1.46. The lowest BCUT2D eigenvalue weighted by molar-refractivity contribution is -0.122. The van der Waals surface area contributed by atoms with Crippen molar-refractivity contribution in [3.05, 3.63) is 120 Å². The van der Waals surface area contributed by atoms with Crippen LogP contribution in [0, 0.1) is 5.82 Å².